The summed E-state index contributed by atoms with van der Waals surface area (Å²) in [7, 11) is 0. The molecule has 0 aromatic carbocycles. The van der Waals surface area contributed by atoms with Crippen LogP contribution in [0.15, 0.2) is 6.20 Å². The van der Waals surface area contributed by atoms with E-state index in [9.17, 15) is 10.1 Å². The Hall–Kier alpha value is -1.52. The van der Waals surface area contributed by atoms with Crippen LogP contribution < -0.4 is 0 Å². The van der Waals surface area contributed by atoms with Gasteiger partial charge >= 0.3 is 5.97 Å². The third-order valence-corrected chi connectivity index (χ3v) is 5.70. The maximum absolute atomic E-state index is 12.4. The van der Waals surface area contributed by atoms with E-state index in [1.54, 1.807) is 20.8 Å². The lowest BCUT2D eigenvalue weighted by atomic mass is 9.74. The molecule has 28 heavy (non-hydrogen) atoms. The van der Waals surface area contributed by atoms with Gasteiger partial charge in [0.1, 0.15) is 0 Å². The summed E-state index contributed by atoms with van der Waals surface area (Å²) in [5, 5.41) is 9.18. The zero-order chi connectivity index (χ0) is 21.3. The minimum atomic E-state index is -1.04. The van der Waals surface area contributed by atoms with E-state index in [0.717, 1.165) is 25.0 Å². The van der Waals surface area contributed by atoms with Crippen LogP contribution in [0.25, 0.3) is 0 Å². The first-order valence-electron chi connectivity index (χ1n) is 10.2. The van der Waals surface area contributed by atoms with Crippen molar-refractivity contribution in [3.8, 4) is 6.07 Å². The summed E-state index contributed by atoms with van der Waals surface area (Å²) < 4.78 is 20.3. The van der Waals surface area contributed by atoms with Gasteiger partial charge < -0.3 is 9.47 Å². The van der Waals surface area contributed by atoms with E-state index < -0.39 is 5.60 Å². The molecule has 0 bridgehead atoms. The maximum atomic E-state index is 12.4. The topological polar surface area (TPSA) is 85.1 Å². The number of nitriles is 1. The van der Waals surface area contributed by atoms with Crippen molar-refractivity contribution in [1.29, 1.82) is 5.26 Å². The molecule has 6 nitrogen and oxygen atoms in total. The molecule has 0 fully saturated rings. The molecule has 0 radical (unpaired) electrons. The van der Waals surface area contributed by atoms with Gasteiger partial charge in [-0.3, -0.25) is 0 Å². The molecular weight excluding hydrogens is 374 g/mol. The monoisotopic (exact) mass is 409 g/mol. The van der Waals surface area contributed by atoms with Crippen LogP contribution in [0.3, 0.4) is 0 Å². The highest BCUT2D eigenvalue weighted by Crippen LogP contribution is 2.40. The molecule has 7 heteroatoms. The Morgan fingerprint density at radius 2 is 1.96 bits per heavy atom. The van der Waals surface area contributed by atoms with Crippen molar-refractivity contribution in [2.24, 2.45) is 17.8 Å². The summed E-state index contributed by atoms with van der Waals surface area (Å²) >= 11 is 1.19. The fraction of sp³-hybridized carbons (Fsp3) is 0.810. The number of aromatic nitrogens is 2. The van der Waals surface area contributed by atoms with Crippen molar-refractivity contribution in [2.75, 3.05) is 6.61 Å². The van der Waals surface area contributed by atoms with Crippen LogP contribution in [-0.4, -0.2) is 33.0 Å². The molecule has 0 aliphatic carbocycles. The van der Waals surface area contributed by atoms with E-state index in [4.69, 9.17) is 9.47 Å². The summed E-state index contributed by atoms with van der Waals surface area (Å²) in [4.78, 5) is 12.4. The Kier molecular flexibility index (Phi) is 10.0. The van der Waals surface area contributed by atoms with Gasteiger partial charge in [-0.25, -0.2) is 4.79 Å². The second-order valence-corrected chi connectivity index (χ2v) is 8.73. The molecule has 1 aromatic rings. The highest BCUT2D eigenvalue weighted by Gasteiger charge is 2.40. The van der Waals surface area contributed by atoms with E-state index in [1.807, 2.05) is 13.1 Å². The Labute approximate surface area is 174 Å². The van der Waals surface area contributed by atoms with E-state index in [1.165, 1.54) is 11.7 Å². The number of rotatable bonds is 12. The number of carbonyl (C=O) groups excluding carboxylic acids is 1. The Morgan fingerprint density at radius 1 is 1.29 bits per heavy atom. The normalized spacial score (nSPS) is 16.2. The Morgan fingerprint density at radius 3 is 2.43 bits per heavy atom. The predicted octanol–water partition coefficient (Wildman–Crippen LogP) is 4.97. The predicted molar refractivity (Wildman–Crippen MR) is 111 cm³/mol. The first-order valence-corrected chi connectivity index (χ1v) is 10.9. The van der Waals surface area contributed by atoms with Gasteiger partial charge in [0.2, 0.25) is 0 Å². The number of carbonyl (C=O) groups is 1. The van der Waals surface area contributed by atoms with Gasteiger partial charge in [-0.15, -0.1) is 0 Å². The molecule has 1 heterocycles. The molecule has 0 saturated heterocycles. The van der Waals surface area contributed by atoms with Crippen molar-refractivity contribution in [1.82, 2.24) is 8.75 Å². The molecular formula is C21H35N3O3S. The van der Waals surface area contributed by atoms with E-state index in [2.05, 4.69) is 35.6 Å². The SMILES string of the molecule is CCOC(=O)C(C)(C)O[C@@H](CC)[C@@H](c1cnsn1)[C@@H](CC[C@H](C)C#N)C(C)C. The quantitative estimate of drug-likeness (QED) is 0.453. The molecule has 4 atom stereocenters. The standard InChI is InChI=1S/C21H35N3O3S/c1-8-18(27-21(6,7)20(25)26-9-2)19(17-13-23-28-24-17)16(14(3)4)11-10-15(5)12-22/h13-16,18-19H,8-11H2,1-7H3/t15-,16-,18-,19+/m0/s1. The van der Waals surface area contributed by atoms with Gasteiger partial charge in [-0.2, -0.15) is 14.0 Å². The lowest BCUT2D eigenvalue weighted by molar-refractivity contribution is -0.177. The zero-order valence-corrected chi connectivity index (χ0v) is 19.1. The third-order valence-electron chi connectivity index (χ3n) is 5.21. The highest BCUT2D eigenvalue weighted by molar-refractivity contribution is 6.99. The van der Waals surface area contributed by atoms with E-state index >= 15 is 0 Å². The minimum absolute atomic E-state index is 0.00310. The van der Waals surface area contributed by atoms with Crippen molar-refractivity contribution < 1.29 is 14.3 Å². The molecule has 0 spiro atoms. The molecule has 0 N–H and O–H groups in total. The summed E-state index contributed by atoms with van der Waals surface area (Å²) in [5.41, 5.74) is -0.139. The van der Waals surface area contributed by atoms with Gasteiger partial charge in [0, 0.05) is 11.8 Å². The molecule has 0 aliphatic heterocycles. The van der Waals surface area contributed by atoms with Gasteiger partial charge in [-0.05, 0) is 58.8 Å². The van der Waals surface area contributed by atoms with Crippen molar-refractivity contribution in [2.45, 2.75) is 85.4 Å². The second-order valence-electron chi connectivity index (χ2n) is 8.17. The maximum Gasteiger partial charge on any atom is 0.337 e. The van der Waals surface area contributed by atoms with Gasteiger partial charge in [0.15, 0.2) is 5.60 Å². The first kappa shape index (κ1) is 24.5. The van der Waals surface area contributed by atoms with Crippen LogP contribution in [0.2, 0.25) is 0 Å². The van der Waals surface area contributed by atoms with E-state index in [-0.39, 0.29) is 29.8 Å². The highest BCUT2D eigenvalue weighted by atomic mass is 32.1. The van der Waals surface area contributed by atoms with Crippen LogP contribution in [-0.2, 0) is 14.3 Å². The number of nitrogens with zero attached hydrogens (tertiary/aromatic N) is 3. The summed E-state index contributed by atoms with van der Waals surface area (Å²) in [6.07, 6.45) is 4.07. The largest absolute Gasteiger partial charge is 0.464 e. The van der Waals surface area contributed by atoms with Crippen LogP contribution in [0.5, 0.6) is 0 Å². The molecule has 1 rings (SSSR count). The van der Waals surface area contributed by atoms with Crippen LogP contribution in [0, 0.1) is 29.1 Å². The zero-order valence-electron chi connectivity index (χ0n) is 18.3. The Balaban J connectivity index is 3.19. The number of esters is 1. The fourth-order valence-electron chi connectivity index (χ4n) is 3.58. The second kappa shape index (κ2) is 11.5. The number of ether oxygens (including phenoxy) is 2. The van der Waals surface area contributed by atoms with Gasteiger partial charge in [-0.1, -0.05) is 20.8 Å². The lowest BCUT2D eigenvalue weighted by Gasteiger charge is -2.38. The van der Waals surface area contributed by atoms with Crippen molar-refractivity contribution in [3.05, 3.63) is 11.9 Å². The van der Waals surface area contributed by atoms with Crippen LogP contribution >= 0.6 is 11.7 Å². The molecule has 0 unspecified atom stereocenters. The molecule has 0 saturated carbocycles. The third kappa shape index (κ3) is 6.82. The fourth-order valence-corrected chi connectivity index (χ4v) is 4.05. The summed E-state index contributed by atoms with van der Waals surface area (Å²) in [5.74, 6) is 0.294. The van der Waals surface area contributed by atoms with Crippen LogP contribution in [0.1, 0.15) is 79.3 Å². The van der Waals surface area contributed by atoms with E-state index in [0.29, 0.717) is 12.5 Å². The average molecular weight is 410 g/mol. The average Bonchev–Trinajstić information content (AvgIpc) is 3.17. The van der Waals surface area contributed by atoms with Crippen molar-refractivity contribution >= 4 is 17.7 Å². The summed E-state index contributed by atoms with van der Waals surface area (Å²) in [6, 6.07) is 2.32. The molecule has 0 aliphatic rings. The van der Waals surface area contributed by atoms with Gasteiger partial charge in [0.25, 0.3) is 0 Å². The Bertz CT molecular complexity index is 625. The number of hydrogen-bond acceptors (Lipinski definition) is 7. The van der Waals surface area contributed by atoms with Gasteiger partial charge in [0.05, 0.1) is 42.4 Å². The minimum Gasteiger partial charge on any atom is -0.464 e. The lowest BCUT2D eigenvalue weighted by Crippen LogP contribution is -2.43. The van der Waals surface area contributed by atoms with Crippen LogP contribution in [0.4, 0.5) is 0 Å². The summed E-state index contributed by atoms with van der Waals surface area (Å²) in [6.45, 7) is 14.0. The first-order chi connectivity index (χ1) is 13.2. The number of hydrogen-bond donors (Lipinski definition) is 0. The smallest absolute Gasteiger partial charge is 0.337 e. The van der Waals surface area contributed by atoms with Crippen molar-refractivity contribution in [3.63, 3.8) is 0 Å². The molecule has 158 valence electrons. The molecule has 0 amide bonds. The molecule has 1 aromatic heterocycles.